The van der Waals surface area contributed by atoms with Crippen LogP contribution >= 0.6 is 11.3 Å². The topological polar surface area (TPSA) is 54.2 Å². The third-order valence-corrected chi connectivity index (χ3v) is 5.47. The Balaban J connectivity index is 1.28. The maximum atomic E-state index is 5.34. The summed E-state index contributed by atoms with van der Waals surface area (Å²) in [5.41, 5.74) is 2.65. The maximum Gasteiger partial charge on any atom is 0.268 e. The van der Waals surface area contributed by atoms with Crippen molar-refractivity contribution in [3.8, 4) is 10.8 Å². The number of anilines is 1. The molecule has 4 rings (SSSR count). The van der Waals surface area contributed by atoms with Crippen LogP contribution in [0, 0.1) is 6.92 Å². The summed E-state index contributed by atoms with van der Waals surface area (Å²) in [6.45, 7) is 4.96. The van der Waals surface area contributed by atoms with E-state index < -0.39 is 0 Å². The summed E-state index contributed by atoms with van der Waals surface area (Å²) in [7, 11) is 0. The molecule has 1 aliphatic rings. The summed E-state index contributed by atoms with van der Waals surface area (Å²) in [6, 6.07) is 13.2. The lowest BCUT2D eigenvalue weighted by Gasteiger charge is -2.34. The molecule has 6 heteroatoms. The van der Waals surface area contributed by atoms with Gasteiger partial charge >= 0.3 is 0 Å². The average Bonchev–Trinajstić information content (AvgIpc) is 3.32. The molecule has 0 unspecified atom stereocenters. The predicted octanol–water partition coefficient (Wildman–Crippen LogP) is 3.87. The highest BCUT2D eigenvalue weighted by atomic mass is 32.1. The van der Waals surface area contributed by atoms with Gasteiger partial charge in [0, 0.05) is 24.8 Å². The van der Waals surface area contributed by atoms with E-state index in [1.807, 2.05) is 17.5 Å². The normalized spacial score (nSPS) is 15.6. The molecule has 0 saturated carbocycles. The van der Waals surface area contributed by atoms with Crippen molar-refractivity contribution in [3.05, 3.63) is 53.2 Å². The van der Waals surface area contributed by atoms with E-state index in [0.29, 0.717) is 18.5 Å². The lowest BCUT2D eigenvalue weighted by molar-refractivity contribution is 0.392. The lowest BCUT2D eigenvalue weighted by Crippen LogP contribution is -2.42. The molecule has 25 heavy (non-hydrogen) atoms. The van der Waals surface area contributed by atoms with Gasteiger partial charge in [-0.15, -0.1) is 11.3 Å². The van der Waals surface area contributed by atoms with Gasteiger partial charge in [0.25, 0.3) is 5.89 Å². The van der Waals surface area contributed by atoms with Gasteiger partial charge in [0.15, 0.2) is 5.82 Å². The number of benzene rings is 1. The number of hydrogen-bond donors (Lipinski definition) is 1. The molecule has 0 bridgehead atoms. The van der Waals surface area contributed by atoms with Crippen molar-refractivity contribution in [1.82, 2.24) is 15.5 Å². The van der Waals surface area contributed by atoms with Crippen molar-refractivity contribution >= 4 is 17.0 Å². The van der Waals surface area contributed by atoms with Gasteiger partial charge in [0.2, 0.25) is 0 Å². The van der Waals surface area contributed by atoms with E-state index in [1.165, 1.54) is 11.3 Å². The second-order valence-electron chi connectivity index (χ2n) is 6.47. The van der Waals surface area contributed by atoms with Crippen molar-refractivity contribution in [1.29, 1.82) is 0 Å². The first-order chi connectivity index (χ1) is 12.3. The molecule has 130 valence electrons. The number of hydrogen-bond acceptors (Lipinski definition) is 6. The highest BCUT2D eigenvalue weighted by molar-refractivity contribution is 7.13. The number of aromatic nitrogens is 2. The van der Waals surface area contributed by atoms with Gasteiger partial charge in [-0.1, -0.05) is 23.4 Å². The van der Waals surface area contributed by atoms with Crippen molar-refractivity contribution < 1.29 is 4.52 Å². The number of nitrogens with one attached hydrogen (secondary N) is 1. The van der Waals surface area contributed by atoms with E-state index in [4.69, 9.17) is 4.52 Å². The Labute approximate surface area is 151 Å². The van der Waals surface area contributed by atoms with E-state index in [0.717, 1.165) is 36.6 Å². The fourth-order valence-corrected chi connectivity index (χ4v) is 3.87. The molecule has 3 aromatic rings. The van der Waals surface area contributed by atoms with Crippen LogP contribution in [0.15, 0.2) is 46.3 Å². The molecule has 0 amide bonds. The Hall–Kier alpha value is -2.18. The Morgan fingerprint density at radius 1 is 1.24 bits per heavy atom. The van der Waals surface area contributed by atoms with Crippen molar-refractivity contribution in [2.24, 2.45) is 0 Å². The molecule has 1 aromatic carbocycles. The molecule has 0 atom stereocenters. The second kappa shape index (κ2) is 7.37. The first-order valence-electron chi connectivity index (χ1n) is 8.69. The number of aryl methyl sites for hydroxylation is 1. The van der Waals surface area contributed by atoms with Crippen LogP contribution in [-0.2, 0) is 6.54 Å². The van der Waals surface area contributed by atoms with E-state index >= 15 is 0 Å². The molecule has 1 N–H and O–H groups in total. The highest BCUT2D eigenvalue weighted by Crippen LogP contribution is 2.23. The number of rotatable bonds is 5. The lowest BCUT2D eigenvalue weighted by atomic mass is 10.0. The molecular formula is C19H22N4OS. The van der Waals surface area contributed by atoms with Gasteiger partial charge in [-0.05, 0) is 48.9 Å². The molecule has 0 spiro atoms. The van der Waals surface area contributed by atoms with Crippen LogP contribution in [0.2, 0.25) is 0 Å². The van der Waals surface area contributed by atoms with E-state index in [1.54, 1.807) is 11.3 Å². The first-order valence-corrected chi connectivity index (χ1v) is 9.57. The average molecular weight is 354 g/mol. The third-order valence-electron chi connectivity index (χ3n) is 4.61. The largest absolute Gasteiger partial charge is 0.371 e. The van der Waals surface area contributed by atoms with Crippen LogP contribution < -0.4 is 10.2 Å². The van der Waals surface area contributed by atoms with Crippen LogP contribution in [0.5, 0.6) is 0 Å². The fraction of sp³-hybridized carbons (Fsp3) is 0.368. The van der Waals surface area contributed by atoms with Gasteiger partial charge in [0.05, 0.1) is 11.4 Å². The molecule has 1 aliphatic heterocycles. The Kier molecular flexibility index (Phi) is 4.81. The van der Waals surface area contributed by atoms with Crippen LogP contribution in [0.4, 0.5) is 5.69 Å². The summed E-state index contributed by atoms with van der Waals surface area (Å²) in [4.78, 5) is 7.95. The molecular weight excluding hydrogens is 332 g/mol. The minimum absolute atomic E-state index is 0.504. The Morgan fingerprint density at radius 3 is 2.88 bits per heavy atom. The summed E-state index contributed by atoms with van der Waals surface area (Å²) in [5, 5.41) is 9.66. The van der Waals surface area contributed by atoms with E-state index in [9.17, 15) is 0 Å². The SMILES string of the molecule is Cc1cccc(N2CCC(NCc3noc(-c4cccs4)n3)CC2)c1. The molecule has 2 aromatic heterocycles. The van der Waals surface area contributed by atoms with E-state index in [-0.39, 0.29) is 0 Å². The smallest absolute Gasteiger partial charge is 0.268 e. The second-order valence-corrected chi connectivity index (χ2v) is 7.42. The number of thiophene rings is 1. The highest BCUT2D eigenvalue weighted by Gasteiger charge is 2.20. The summed E-state index contributed by atoms with van der Waals surface area (Å²) in [5.74, 6) is 1.34. The molecule has 5 nitrogen and oxygen atoms in total. The van der Waals surface area contributed by atoms with E-state index in [2.05, 4.69) is 51.5 Å². The zero-order valence-corrected chi connectivity index (χ0v) is 15.1. The van der Waals surface area contributed by atoms with Crippen LogP contribution in [0.25, 0.3) is 10.8 Å². The maximum absolute atomic E-state index is 5.34. The van der Waals surface area contributed by atoms with Gasteiger partial charge in [-0.3, -0.25) is 0 Å². The zero-order chi connectivity index (χ0) is 17.1. The quantitative estimate of drug-likeness (QED) is 0.754. The van der Waals surface area contributed by atoms with Crippen molar-refractivity contribution in [2.45, 2.75) is 32.4 Å². The van der Waals surface area contributed by atoms with Crippen molar-refractivity contribution in [3.63, 3.8) is 0 Å². The van der Waals surface area contributed by atoms with Crippen LogP contribution in [0.3, 0.4) is 0 Å². The Bertz CT molecular complexity index is 806. The van der Waals surface area contributed by atoms with Gasteiger partial charge in [-0.25, -0.2) is 0 Å². The van der Waals surface area contributed by atoms with Gasteiger partial charge in [-0.2, -0.15) is 4.98 Å². The van der Waals surface area contributed by atoms with Crippen molar-refractivity contribution in [2.75, 3.05) is 18.0 Å². The summed E-state index contributed by atoms with van der Waals surface area (Å²) < 4.78 is 5.34. The standard InChI is InChI=1S/C19H22N4OS/c1-14-4-2-5-16(12-14)23-9-7-15(8-10-23)20-13-18-21-19(24-22-18)17-6-3-11-25-17/h2-6,11-12,15,20H,7-10,13H2,1H3. The molecule has 1 saturated heterocycles. The monoisotopic (exact) mass is 354 g/mol. The minimum Gasteiger partial charge on any atom is -0.371 e. The fourth-order valence-electron chi connectivity index (χ4n) is 3.23. The Morgan fingerprint density at radius 2 is 2.12 bits per heavy atom. The molecule has 0 radical (unpaired) electrons. The zero-order valence-electron chi connectivity index (χ0n) is 14.3. The summed E-state index contributed by atoms with van der Waals surface area (Å²) >= 11 is 1.61. The third kappa shape index (κ3) is 3.91. The molecule has 3 heterocycles. The van der Waals surface area contributed by atoms with Crippen LogP contribution in [-0.4, -0.2) is 29.3 Å². The number of piperidine rings is 1. The van der Waals surface area contributed by atoms with Crippen LogP contribution in [0.1, 0.15) is 24.2 Å². The predicted molar refractivity (Wildman–Crippen MR) is 101 cm³/mol. The first kappa shape index (κ1) is 16.3. The summed E-state index contributed by atoms with van der Waals surface area (Å²) in [6.07, 6.45) is 2.26. The van der Waals surface area contributed by atoms with Gasteiger partial charge < -0.3 is 14.7 Å². The molecule has 1 fully saturated rings. The number of nitrogens with zero attached hydrogens (tertiary/aromatic N) is 3. The minimum atomic E-state index is 0.504. The molecule has 0 aliphatic carbocycles. The van der Waals surface area contributed by atoms with Gasteiger partial charge in [0.1, 0.15) is 0 Å².